The molecule has 0 aliphatic rings. The summed E-state index contributed by atoms with van der Waals surface area (Å²) in [6.45, 7) is 12.1. The van der Waals surface area contributed by atoms with Crippen LogP contribution in [0.4, 0.5) is 0 Å². The molecular weight excluding hydrogens is 495 g/mol. The minimum absolute atomic E-state index is 0.551. The molecule has 7 heteroatoms. The first-order valence-electron chi connectivity index (χ1n) is 11.8. The van der Waals surface area contributed by atoms with Gasteiger partial charge >= 0.3 is 5.97 Å². The Labute approximate surface area is 221 Å². The Hall–Kier alpha value is -2.86. The van der Waals surface area contributed by atoms with Crippen molar-refractivity contribution in [2.75, 3.05) is 0 Å². The molecule has 0 aliphatic heterocycles. The van der Waals surface area contributed by atoms with Gasteiger partial charge in [0.05, 0.1) is 5.60 Å². The molecule has 2 heterocycles. The number of pyridine rings is 1. The van der Waals surface area contributed by atoms with E-state index in [0.717, 1.165) is 39.0 Å². The molecule has 4 aromatic rings. The Morgan fingerprint density at radius 2 is 1.72 bits per heavy atom. The van der Waals surface area contributed by atoms with Crippen LogP contribution in [-0.2, 0) is 16.1 Å². The maximum atomic E-state index is 12.5. The minimum atomic E-state index is -1.19. The largest absolute Gasteiger partial charge is 0.479 e. The summed E-state index contributed by atoms with van der Waals surface area (Å²) in [5, 5.41) is 12.4. The number of aliphatic carboxylic acids is 1. The first-order valence-corrected chi connectivity index (χ1v) is 12.5. The molecule has 1 N–H and O–H groups in total. The van der Waals surface area contributed by atoms with E-state index in [0.29, 0.717) is 27.8 Å². The van der Waals surface area contributed by atoms with Gasteiger partial charge < -0.3 is 14.4 Å². The van der Waals surface area contributed by atoms with Crippen LogP contribution < -0.4 is 0 Å². The number of rotatable bonds is 6. The molecule has 0 amide bonds. The van der Waals surface area contributed by atoms with E-state index in [1.54, 1.807) is 0 Å². The lowest BCUT2D eigenvalue weighted by Gasteiger charge is -2.28. The van der Waals surface area contributed by atoms with Gasteiger partial charge in [-0.3, -0.25) is 0 Å². The second-order valence-corrected chi connectivity index (χ2v) is 10.9. The average molecular weight is 525 g/mol. The number of hydrogen-bond acceptors (Lipinski definition) is 3. The molecule has 2 aromatic carbocycles. The molecule has 0 bridgehead atoms. The Kier molecular flexibility index (Phi) is 7.20. The van der Waals surface area contributed by atoms with Crippen LogP contribution in [0, 0.1) is 20.8 Å². The summed E-state index contributed by atoms with van der Waals surface area (Å²) in [4.78, 5) is 17.5. The summed E-state index contributed by atoms with van der Waals surface area (Å²) in [7, 11) is 0. The number of ether oxygens (including phenoxy) is 1. The van der Waals surface area contributed by atoms with E-state index in [2.05, 4.69) is 11.5 Å². The summed E-state index contributed by atoms with van der Waals surface area (Å²) in [5.74, 6) is -1.06. The van der Waals surface area contributed by atoms with Crippen molar-refractivity contribution in [1.82, 2.24) is 9.55 Å². The lowest BCUT2D eigenvalue weighted by Crippen LogP contribution is -2.28. The first kappa shape index (κ1) is 26.2. The second kappa shape index (κ2) is 9.89. The lowest BCUT2D eigenvalue weighted by molar-refractivity contribution is -0.160. The van der Waals surface area contributed by atoms with Crippen molar-refractivity contribution in [3.8, 4) is 11.1 Å². The summed E-state index contributed by atoms with van der Waals surface area (Å²) in [6.07, 6.45) is -1.19. The molecule has 1 unspecified atom stereocenters. The van der Waals surface area contributed by atoms with Crippen LogP contribution in [0.25, 0.3) is 22.2 Å². The van der Waals surface area contributed by atoms with Gasteiger partial charge in [0.2, 0.25) is 0 Å². The van der Waals surface area contributed by atoms with Crippen LogP contribution >= 0.6 is 23.2 Å². The van der Waals surface area contributed by atoms with E-state index < -0.39 is 17.7 Å². The first-order chi connectivity index (χ1) is 16.9. The number of benzene rings is 2. The van der Waals surface area contributed by atoms with Gasteiger partial charge in [-0.1, -0.05) is 47.5 Å². The summed E-state index contributed by atoms with van der Waals surface area (Å²) >= 11 is 12.5. The zero-order chi connectivity index (χ0) is 26.4. The van der Waals surface area contributed by atoms with Gasteiger partial charge in [0.15, 0.2) is 6.10 Å². The third kappa shape index (κ3) is 5.15. The quantitative estimate of drug-likeness (QED) is 0.278. The van der Waals surface area contributed by atoms with Crippen LogP contribution in [-0.4, -0.2) is 26.2 Å². The third-order valence-electron chi connectivity index (χ3n) is 6.31. The van der Waals surface area contributed by atoms with Crippen molar-refractivity contribution in [1.29, 1.82) is 0 Å². The Morgan fingerprint density at radius 1 is 1.06 bits per heavy atom. The number of carboxylic acid groups (broad SMARTS) is 1. The smallest absolute Gasteiger partial charge is 0.337 e. The highest BCUT2D eigenvalue weighted by atomic mass is 35.5. The normalized spacial score (nSPS) is 12.8. The van der Waals surface area contributed by atoms with E-state index in [4.69, 9.17) is 32.9 Å². The topological polar surface area (TPSA) is 64.4 Å². The van der Waals surface area contributed by atoms with Crippen molar-refractivity contribution in [3.63, 3.8) is 0 Å². The van der Waals surface area contributed by atoms with Crippen LogP contribution in [0.15, 0.2) is 48.5 Å². The molecule has 1 atom stereocenters. The monoisotopic (exact) mass is 524 g/mol. The average Bonchev–Trinajstić information content (AvgIpc) is 3.01. The molecule has 2 aromatic heterocycles. The molecule has 0 radical (unpaired) electrons. The van der Waals surface area contributed by atoms with Crippen molar-refractivity contribution in [2.45, 2.75) is 59.8 Å². The number of carboxylic acids is 1. The highest BCUT2D eigenvalue weighted by Gasteiger charge is 2.33. The fourth-order valence-corrected chi connectivity index (χ4v) is 4.97. The molecular formula is C29H30Cl2N2O3. The Bertz CT molecular complexity index is 1450. The van der Waals surface area contributed by atoms with E-state index >= 15 is 0 Å². The number of aryl methyl sites for hydroxylation is 2. The summed E-state index contributed by atoms with van der Waals surface area (Å²) < 4.78 is 8.26. The number of aromatic nitrogens is 2. The summed E-state index contributed by atoms with van der Waals surface area (Å²) in [5.41, 5.74) is 6.07. The van der Waals surface area contributed by atoms with Gasteiger partial charge in [-0.2, -0.15) is 0 Å². The van der Waals surface area contributed by atoms with Crippen LogP contribution in [0.5, 0.6) is 0 Å². The molecule has 0 spiro atoms. The van der Waals surface area contributed by atoms with Crippen molar-refractivity contribution in [2.24, 2.45) is 0 Å². The molecule has 4 rings (SSSR count). The second-order valence-electron chi connectivity index (χ2n) is 10.1. The predicted octanol–water partition coefficient (Wildman–Crippen LogP) is 7.92. The number of hydrogen-bond donors (Lipinski definition) is 1. The van der Waals surface area contributed by atoms with Crippen molar-refractivity contribution >= 4 is 40.2 Å². The number of halogens is 2. The van der Waals surface area contributed by atoms with E-state index in [-0.39, 0.29) is 0 Å². The van der Waals surface area contributed by atoms with Gasteiger partial charge in [-0.05, 0) is 82.5 Å². The van der Waals surface area contributed by atoms with Gasteiger partial charge in [0, 0.05) is 44.5 Å². The van der Waals surface area contributed by atoms with Gasteiger partial charge in [0.25, 0.3) is 0 Å². The Balaban J connectivity index is 2.07. The highest BCUT2D eigenvalue weighted by Crippen LogP contribution is 2.42. The van der Waals surface area contributed by atoms with E-state index in [9.17, 15) is 9.90 Å². The molecule has 0 aliphatic carbocycles. The van der Waals surface area contributed by atoms with Crippen molar-refractivity contribution < 1.29 is 14.6 Å². The molecule has 188 valence electrons. The molecule has 0 fully saturated rings. The summed E-state index contributed by atoms with van der Waals surface area (Å²) in [6, 6.07) is 15.2. The maximum Gasteiger partial charge on any atom is 0.337 e. The maximum absolute atomic E-state index is 12.5. The zero-order valence-electron chi connectivity index (χ0n) is 21.3. The molecule has 0 saturated heterocycles. The predicted molar refractivity (Wildman–Crippen MR) is 146 cm³/mol. The third-order valence-corrected chi connectivity index (χ3v) is 6.79. The number of fused-ring (bicyclic) bond motifs is 1. The highest BCUT2D eigenvalue weighted by molar-refractivity contribution is 6.31. The van der Waals surface area contributed by atoms with Crippen LogP contribution in [0.1, 0.15) is 55.0 Å². The fourth-order valence-electron chi connectivity index (χ4n) is 4.63. The van der Waals surface area contributed by atoms with Gasteiger partial charge in [-0.25, -0.2) is 9.78 Å². The Morgan fingerprint density at radius 3 is 2.31 bits per heavy atom. The van der Waals surface area contributed by atoms with Crippen molar-refractivity contribution in [3.05, 3.63) is 86.7 Å². The van der Waals surface area contributed by atoms with Gasteiger partial charge in [-0.15, -0.1) is 0 Å². The molecule has 36 heavy (non-hydrogen) atoms. The van der Waals surface area contributed by atoms with Crippen LogP contribution in [0.2, 0.25) is 10.0 Å². The number of carbonyl (C=O) groups is 1. The number of nitrogens with zero attached hydrogens (tertiary/aromatic N) is 2. The molecule has 5 nitrogen and oxygen atoms in total. The zero-order valence-corrected chi connectivity index (χ0v) is 22.8. The van der Waals surface area contributed by atoms with E-state index in [1.807, 2.05) is 83.1 Å². The van der Waals surface area contributed by atoms with Gasteiger partial charge in [0.1, 0.15) is 5.65 Å². The van der Waals surface area contributed by atoms with Crippen LogP contribution in [0.3, 0.4) is 0 Å². The standard InChI is InChI=1S/C29H30Cl2N2O3/c1-16-18(3)33(15-19-8-7-9-22(31)14-19)27-23(16)25(20-10-12-21(30)13-11-20)24(17(2)32-27)26(28(34)35)36-29(4,5)6/h7-14,26H,15H2,1-6H3,(H,34,35). The molecule has 0 saturated carbocycles. The van der Waals surface area contributed by atoms with E-state index in [1.165, 1.54) is 0 Å². The SMILES string of the molecule is Cc1nc2c(c(C)c(C)n2Cc2cccc(Cl)c2)c(-c2ccc(Cl)cc2)c1C(OC(C)(C)C)C(=O)O. The minimum Gasteiger partial charge on any atom is -0.479 e. The lowest BCUT2D eigenvalue weighted by atomic mass is 9.91. The fraction of sp³-hybridized carbons (Fsp3) is 0.310.